The standard InChI is InChI=1S/C35H32ClF3N2O6S/c1-21(2)32(34(43)44)23-7-12-26(13-8-23)47-18-17-40-33(42)31-19-24-5-3-4-6-30(24)41(31)48(45,46)27-14-9-22(10-15-27)28-20-25(35(37,38)39)11-16-29(28)36/h3-16,20-21,31-32H,17-19H2,1-2H3,(H,40,42)(H,43,44)/t31-,32?/m0/s1. The second-order valence-electron chi connectivity index (χ2n) is 11.6. The first-order valence-corrected chi connectivity index (χ1v) is 16.8. The number of hydrogen-bond acceptors (Lipinski definition) is 5. The molecule has 8 nitrogen and oxygen atoms in total. The van der Waals surface area contributed by atoms with Gasteiger partial charge in [0.25, 0.3) is 10.0 Å². The molecule has 1 aliphatic heterocycles. The zero-order chi connectivity index (χ0) is 34.8. The van der Waals surface area contributed by atoms with Crippen LogP contribution >= 0.6 is 11.6 Å². The molecule has 252 valence electrons. The van der Waals surface area contributed by atoms with Gasteiger partial charge in [-0.1, -0.05) is 67.9 Å². The second kappa shape index (κ2) is 13.9. The van der Waals surface area contributed by atoms with Crippen molar-refractivity contribution < 1.29 is 41.0 Å². The van der Waals surface area contributed by atoms with Crippen molar-refractivity contribution in [1.82, 2.24) is 5.32 Å². The molecule has 2 N–H and O–H groups in total. The highest BCUT2D eigenvalue weighted by Crippen LogP contribution is 2.39. The number of halogens is 4. The number of rotatable bonds is 11. The summed E-state index contributed by atoms with van der Waals surface area (Å²) in [5.74, 6) is -1.73. The first-order chi connectivity index (χ1) is 22.7. The molecule has 5 rings (SSSR count). The van der Waals surface area contributed by atoms with Gasteiger partial charge in [-0.15, -0.1) is 0 Å². The number of carboxylic acids is 1. The SMILES string of the molecule is CC(C)C(C(=O)O)c1ccc(OCCNC(=O)[C@@H]2Cc3ccccc3N2S(=O)(=O)c2ccc(-c3cc(C(F)(F)F)ccc3Cl)cc2)cc1. The Hall–Kier alpha value is -4.55. The minimum atomic E-state index is -4.58. The van der Waals surface area contributed by atoms with Crippen molar-refractivity contribution in [1.29, 1.82) is 0 Å². The Bertz CT molecular complexity index is 1920. The molecule has 0 aromatic heterocycles. The Morgan fingerprint density at radius 3 is 2.29 bits per heavy atom. The number of carbonyl (C=O) groups is 2. The highest BCUT2D eigenvalue weighted by atomic mass is 35.5. The van der Waals surface area contributed by atoms with E-state index in [-0.39, 0.29) is 46.5 Å². The molecular formula is C35H32ClF3N2O6S. The number of aliphatic carboxylic acids is 1. The molecule has 1 unspecified atom stereocenters. The van der Waals surface area contributed by atoms with Gasteiger partial charge in [-0.25, -0.2) is 8.42 Å². The number of amides is 1. The third-order valence-corrected chi connectivity index (χ3v) is 10.3. The van der Waals surface area contributed by atoms with Gasteiger partial charge in [-0.3, -0.25) is 13.9 Å². The van der Waals surface area contributed by atoms with Crippen molar-refractivity contribution in [2.75, 3.05) is 17.5 Å². The van der Waals surface area contributed by atoms with Crippen molar-refractivity contribution in [2.45, 2.75) is 43.3 Å². The van der Waals surface area contributed by atoms with Gasteiger partial charge in [-0.2, -0.15) is 13.2 Å². The van der Waals surface area contributed by atoms with Gasteiger partial charge >= 0.3 is 12.1 Å². The normalized spacial score (nSPS) is 15.2. The molecule has 48 heavy (non-hydrogen) atoms. The lowest BCUT2D eigenvalue weighted by Gasteiger charge is -2.26. The van der Waals surface area contributed by atoms with Crippen molar-refractivity contribution >= 4 is 39.2 Å². The summed E-state index contributed by atoms with van der Waals surface area (Å²) in [6, 6.07) is 20.6. The summed E-state index contributed by atoms with van der Waals surface area (Å²) in [6.07, 6.45) is -4.46. The maximum Gasteiger partial charge on any atom is 0.416 e. The highest BCUT2D eigenvalue weighted by Gasteiger charge is 2.42. The number of nitrogens with zero attached hydrogens (tertiary/aromatic N) is 1. The lowest BCUT2D eigenvalue weighted by molar-refractivity contribution is -0.140. The summed E-state index contributed by atoms with van der Waals surface area (Å²) in [5, 5.41) is 12.3. The number of sulfonamides is 1. The monoisotopic (exact) mass is 700 g/mol. The first kappa shape index (κ1) is 34.8. The van der Waals surface area contributed by atoms with E-state index in [1.54, 1.807) is 48.5 Å². The maximum atomic E-state index is 14.0. The Morgan fingerprint density at radius 1 is 1.00 bits per heavy atom. The fourth-order valence-corrected chi connectivity index (χ4v) is 7.62. The number of nitrogens with one attached hydrogen (secondary N) is 1. The van der Waals surface area contributed by atoms with Crippen molar-refractivity contribution in [2.24, 2.45) is 5.92 Å². The van der Waals surface area contributed by atoms with Gasteiger partial charge in [0.05, 0.1) is 28.6 Å². The van der Waals surface area contributed by atoms with Crippen LogP contribution in [0.5, 0.6) is 5.75 Å². The van der Waals surface area contributed by atoms with Gasteiger partial charge in [0, 0.05) is 17.0 Å². The molecule has 0 saturated heterocycles. The molecule has 1 heterocycles. The predicted molar refractivity (Wildman–Crippen MR) is 176 cm³/mol. The van der Waals surface area contributed by atoms with Crippen LogP contribution in [0.3, 0.4) is 0 Å². The topological polar surface area (TPSA) is 113 Å². The smallest absolute Gasteiger partial charge is 0.416 e. The number of carboxylic acid groups (broad SMARTS) is 1. The summed E-state index contributed by atoms with van der Waals surface area (Å²) < 4.78 is 74.7. The van der Waals surface area contributed by atoms with Crippen LogP contribution in [0.2, 0.25) is 5.02 Å². The summed E-state index contributed by atoms with van der Waals surface area (Å²) in [7, 11) is -4.30. The van der Waals surface area contributed by atoms with Crippen LogP contribution in [-0.4, -0.2) is 44.6 Å². The third-order valence-electron chi connectivity index (χ3n) is 8.09. The van der Waals surface area contributed by atoms with Gasteiger partial charge in [-0.05, 0) is 71.1 Å². The Kier molecular flexibility index (Phi) is 10.1. The molecule has 13 heteroatoms. The molecule has 0 fully saturated rings. The average molecular weight is 701 g/mol. The molecule has 0 radical (unpaired) electrons. The number of ether oxygens (including phenoxy) is 1. The molecule has 1 aliphatic rings. The Morgan fingerprint density at radius 2 is 1.67 bits per heavy atom. The minimum absolute atomic E-state index is 0.0670. The van der Waals surface area contributed by atoms with Gasteiger partial charge in [0.2, 0.25) is 5.91 Å². The van der Waals surface area contributed by atoms with Crippen LogP contribution < -0.4 is 14.4 Å². The van der Waals surface area contributed by atoms with Crippen molar-refractivity contribution in [3.8, 4) is 16.9 Å². The Balaban J connectivity index is 1.29. The van der Waals surface area contributed by atoms with Crippen LogP contribution in [0.1, 0.15) is 36.5 Å². The maximum absolute atomic E-state index is 14.0. The third kappa shape index (κ3) is 7.29. The summed E-state index contributed by atoms with van der Waals surface area (Å²) in [4.78, 5) is 24.9. The molecule has 4 aromatic rings. The van der Waals surface area contributed by atoms with Crippen LogP contribution in [-0.2, 0) is 32.2 Å². The predicted octanol–water partition coefficient (Wildman–Crippen LogP) is 7.17. The molecule has 0 bridgehead atoms. The fraction of sp³-hybridized carbons (Fsp3) is 0.257. The number of alkyl halides is 3. The lowest BCUT2D eigenvalue weighted by atomic mass is 9.88. The van der Waals surface area contributed by atoms with Crippen LogP contribution in [0.4, 0.5) is 18.9 Å². The Labute approximate surface area is 281 Å². The van der Waals surface area contributed by atoms with E-state index in [2.05, 4.69) is 5.32 Å². The van der Waals surface area contributed by atoms with Crippen LogP contribution in [0, 0.1) is 5.92 Å². The quantitative estimate of drug-likeness (QED) is 0.161. The van der Waals surface area contributed by atoms with E-state index in [0.717, 1.165) is 22.5 Å². The highest BCUT2D eigenvalue weighted by molar-refractivity contribution is 7.93. The zero-order valence-corrected chi connectivity index (χ0v) is 27.4. The van der Waals surface area contributed by atoms with Gasteiger partial charge in [0.1, 0.15) is 18.4 Å². The molecule has 1 amide bonds. The minimum Gasteiger partial charge on any atom is -0.492 e. The number of benzene rings is 4. The zero-order valence-electron chi connectivity index (χ0n) is 25.9. The molecular weight excluding hydrogens is 669 g/mol. The molecule has 0 spiro atoms. The lowest BCUT2D eigenvalue weighted by Crippen LogP contribution is -2.48. The number of para-hydroxylation sites is 1. The molecule has 2 atom stereocenters. The van der Waals surface area contributed by atoms with Crippen molar-refractivity contribution in [3.05, 3.63) is 113 Å². The van der Waals surface area contributed by atoms with E-state index in [1.807, 2.05) is 13.8 Å². The van der Waals surface area contributed by atoms with E-state index in [4.69, 9.17) is 16.3 Å². The van der Waals surface area contributed by atoms with Gasteiger partial charge in [0.15, 0.2) is 0 Å². The molecule has 0 saturated carbocycles. The van der Waals surface area contributed by atoms with Crippen molar-refractivity contribution in [3.63, 3.8) is 0 Å². The number of fused-ring (bicyclic) bond motifs is 1. The van der Waals surface area contributed by atoms with E-state index < -0.39 is 45.6 Å². The molecule has 4 aromatic carbocycles. The van der Waals surface area contributed by atoms with E-state index in [9.17, 15) is 36.3 Å². The summed E-state index contributed by atoms with van der Waals surface area (Å²) in [6.45, 7) is 3.80. The second-order valence-corrected chi connectivity index (χ2v) is 13.9. The average Bonchev–Trinajstić information content (AvgIpc) is 3.44. The first-order valence-electron chi connectivity index (χ1n) is 15.0. The van der Waals surface area contributed by atoms with E-state index in [0.29, 0.717) is 22.6 Å². The number of hydrogen-bond donors (Lipinski definition) is 2. The van der Waals surface area contributed by atoms with E-state index in [1.165, 1.54) is 24.3 Å². The largest absolute Gasteiger partial charge is 0.492 e. The summed E-state index contributed by atoms with van der Waals surface area (Å²) >= 11 is 6.18. The molecule has 0 aliphatic carbocycles. The van der Waals surface area contributed by atoms with Crippen LogP contribution in [0.15, 0.2) is 95.9 Å². The fourth-order valence-electron chi connectivity index (χ4n) is 5.74. The number of anilines is 1. The number of carbonyl (C=O) groups excluding carboxylic acids is 1. The van der Waals surface area contributed by atoms with E-state index >= 15 is 0 Å². The van der Waals surface area contributed by atoms with Crippen LogP contribution in [0.25, 0.3) is 11.1 Å². The summed E-state index contributed by atoms with van der Waals surface area (Å²) in [5.41, 5.74) is 1.15. The van der Waals surface area contributed by atoms with Gasteiger partial charge < -0.3 is 15.2 Å².